The molecule has 0 aliphatic rings. The average molecular weight is 184 g/mol. The van der Waals surface area contributed by atoms with Crippen LogP contribution in [0.4, 0.5) is 0 Å². The molecule has 0 aliphatic heterocycles. The van der Waals surface area contributed by atoms with Gasteiger partial charge in [0.15, 0.2) is 0 Å². The summed E-state index contributed by atoms with van der Waals surface area (Å²) < 4.78 is 0. The van der Waals surface area contributed by atoms with Gasteiger partial charge in [-0.3, -0.25) is 5.84 Å². The zero-order valence-electron chi connectivity index (χ0n) is 8.51. The molecule has 0 aromatic rings. The Morgan fingerprint density at radius 1 is 1.62 bits per heavy atom. The molecule has 0 radical (unpaired) electrons. The average Bonchev–Trinajstić information content (AvgIpc) is 2.04. The molecular formula is C9H20N4. The van der Waals surface area contributed by atoms with Gasteiger partial charge in [-0.2, -0.15) is 0 Å². The van der Waals surface area contributed by atoms with Crippen LogP contribution in [0.3, 0.4) is 0 Å². The molecule has 0 unspecified atom stereocenters. The van der Waals surface area contributed by atoms with Gasteiger partial charge in [0.1, 0.15) is 0 Å². The first-order valence-corrected chi connectivity index (χ1v) is 4.33. The molecular weight excluding hydrogens is 164 g/mol. The monoisotopic (exact) mass is 184 g/mol. The summed E-state index contributed by atoms with van der Waals surface area (Å²) in [6, 6.07) is 0. The van der Waals surface area contributed by atoms with Crippen molar-refractivity contribution in [2.24, 2.45) is 11.6 Å². The van der Waals surface area contributed by atoms with Crippen LogP contribution in [0.15, 0.2) is 12.7 Å². The first-order valence-electron chi connectivity index (χ1n) is 4.33. The Morgan fingerprint density at radius 2 is 2.15 bits per heavy atom. The normalized spacial score (nSPS) is 11.8. The standard InChI is InChI=1S/C9H20N4/c1-4-5-9(2,3)13(12)7-8(11)6-10/h4,11H,1,5-7,10,12H2,2-3H3. The number of nitrogens with one attached hydrogen (secondary N) is 1. The van der Waals surface area contributed by atoms with Crippen LogP contribution in [0.1, 0.15) is 20.3 Å². The summed E-state index contributed by atoms with van der Waals surface area (Å²) in [6.07, 6.45) is 2.62. The molecule has 0 aliphatic carbocycles. The number of nitrogens with two attached hydrogens (primary N) is 2. The molecule has 0 saturated carbocycles. The third-order valence-corrected chi connectivity index (χ3v) is 2.03. The Morgan fingerprint density at radius 3 is 2.54 bits per heavy atom. The van der Waals surface area contributed by atoms with E-state index in [1.54, 1.807) is 5.01 Å². The van der Waals surface area contributed by atoms with Crippen LogP contribution in [0.5, 0.6) is 0 Å². The second-order valence-electron chi connectivity index (χ2n) is 3.74. The predicted octanol–water partition coefficient (Wildman–Crippen LogP) is 0.495. The van der Waals surface area contributed by atoms with Crippen LogP contribution in [0.2, 0.25) is 0 Å². The SMILES string of the molecule is C=CCC(C)(C)N(N)CC(=N)CN. The van der Waals surface area contributed by atoms with Crippen molar-refractivity contribution in [3.63, 3.8) is 0 Å². The van der Waals surface area contributed by atoms with Gasteiger partial charge >= 0.3 is 0 Å². The maximum absolute atomic E-state index is 7.41. The molecule has 4 nitrogen and oxygen atoms in total. The zero-order chi connectivity index (χ0) is 10.5. The number of hydrogen-bond acceptors (Lipinski definition) is 4. The van der Waals surface area contributed by atoms with Gasteiger partial charge < -0.3 is 11.1 Å². The highest BCUT2D eigenvalue weighted by atomic mass is 15.4. The molecule has 0 aromatic heterocycles. The molecule has 0 atom stereocenters. The first kappa shape index (κ1) is 12.3. The van der Waals surface area contributed by atoms with Gasteiger partial charge in [-0.25, -0.2) is 5.01 Å². The molecule has 0 bridgehead atoms. The third kappa shape index (κ3) is 4.17. The van der Waals surface area contributed by atoms with E-state index in [4.69, 9.17) is 17.0 Å². The molecule has 0 rings (SSSR count). The van der Waals surface area contributed by atoms with Gasteiger partial charge in [-0.1, -0.05) is 6.08 Å². The molecule has 5 N–H and O–H groups in total. The quantitative estimate of drug-likeness (QED) is 0.243. The van der Waals surface area contributed by atoms with Gasteiger partial charge in [-0.05, 0) is 20.3 Å². The van der Waals surface area contributed by atoms with Crippen molar-refractivity contribution in [3.8, 4) is 0 Å². The Hall–Kier alpha value is -0.710. The second-order valence-corrected chi connectivity index (χ2v) is 3.74. The van der Waals surface area contributed by atoms with Gasteiger partial charge in [0.05, 0.1) is 6.54 Å². The molecule has 0 fully saturated rings. The summed E-state index contributed by atoms with van der Waals surface area (Å²) in [5, 5.41) is 9.04. The molecule has 76 valence electrons. The van der Waals surface area contributed by atoms with E-state index in [1.165, 1.54) is 0 Å². The highest BCUT2D eigenvalue weighted by Gasteiger charge is 2.22. The van der Waals surface area contributed by atoms with Crippen LogP contribution in [-0.4, -0.2) is 29.3 Å². The van der Waals surface area contributed by atoms with Gasteiger partial charge in [0, 0.05) is 17.8 Å². The molecule has 0 aromatic carbocycles. The summed E-state index contributed by atoms with van der Waals surface area (Å²) in [5.41, 5.74) is 5.59. The van der Waals surface area contributed by atoms with Crippen molar-refractivity contribution in [2.45, 2.75) is 25.8 Å². The van der Waals surface area contributed by atoms with Crippen molar-refractivity contribution in [1.29, 1.82) is 5.41 Å². The minimum Gasteiger partial charge on any atom is -0.325 e. The van der Waals surface area contributed by atoms with E-state index < -0.39 is 0 Å². The Kier molecular flexibility index (Phi) is 4.83. The van der Waals surface area contributed by atoms with Crippen LogP contribution < -0.4 is 11.6 Å². The van der Waals surface area contributed by atoms with E-state index in [2.05, 4.69) is 6.58 Å². The number of hydrazine groups is 1. The lowest BCUT2D eigenvalue weighted by atomic mass is 10.00. The van der Waals surface area contributed by atoms with Crippen molar-refractivity contribution < 1.29 is 0 Å². The lowest BCUT2D eigenvalue weighted by Crippen LogP contribution is -2.51. The van der Waals surface area contributed by atoms with Crippen molar-refractivity contribution in [2.75, 3.05) is 13.1 Å². The largest absolute Gasteiger partial charge is 0.325 e. The maximum atomic E-state index is 7.41. The summed E-state index contributed by atoms with van der Waals surface area (Å²) in [5.74, 6) is 5.80. The zero-order valence-corrected chi connectivity index (χ0v) is 8.51. The number of rotatable bonds is 6. The Bertz CT molecular complexity index is 186. The molecule has 0 spiro atoms. The van der Waals surface area contributed by atoms with E-state index in [-0.39, 0.29) is 12.1 Å². The summed E-state index contributed by atoms with van der Waals surface area (Å²) >= 11 is 0. The number of hydrogen-bond donors (Lipinski definition) is 3. The van der Waals surface area contributed by atoms with Gasteiger partial charge in [0.25, 0.3) is 0 Å². The maximum Gasteiger partial charge on any atom is 0.0525 e. The molecule has 0 amide bonds. The van der Waals surface area contributed by atoms with Gasteiger partial charge in [0.2, 0.25) is 0 Å². The lowest BCUT2D eigenvalue weighted by Gasteiger charge is -2.34. The highest BCUT2D eigenvalue weighted by molar-refractivity contribution is 5.85. The fourth-order valence-electron chi connectivity index (χ4n) is 0.955. The van der Waals surface area contributed by atoms with Crippen LogP contribution in [0.25, 0.3) is 0 Å². The van der Waals surface area contributed by atoms with E-state index in [0.717, 1.165) is 6.42 Å². The summed E-state index contributed by atoms with van der Waals surface area (Å²) in [4.78, 5) is 0. The fourth-order valence-corrected chi connectivity index (χ4v) is 0.955. The molecule has 0 saturated heterocycles. The topological polar surface area (TPSA) is 79.1 Å². The Labute approximate surface area is 80.1 Å². The highest BCUT2D eigenvalue weighted by Crippen LogP contribution is 2.14. The van der Waals surface area contributed by atoms with E-state index in [0.29, 0.717) is 12.3 Å². The van der Waals surface area contributed by atoms with E-state index in [9.17, 15) is 0 Å². The summed E-state index contributed by atoms with van der Waals surface area (Å²) in [6.45, 7) is 8.37. The van der Waals surface area contributed by atoms with Crippen LogP contribution in [0, 0.1) is 5.41 Å². The number of nitrogens with zero attached hydrogens (tertiary/aromatic N) is 1. The van der Waals surface area contributed by atoms with Crippen LogP contribution >= 0.6 is 0 Å². The lowest BCUT2D eigenvalue weighted by molar-refractivity contribution is 0.145. The molecule has 4 heteroatoms. The van der Waals surface area contributed by atoms with Crippen molar-refractivity contribution in [3.05, 3.63) is 12.7 Å². The second kappa shape index (κ2) is 5.11. The van der Waals surface area contributed by atoms with Crippen LogP contribution in [-0.2, 0) is 0 Å². The first-order chi connectivity index (χ1) is 5.94. The third-order valence-electron chi connectivity index (χ3n) is 2.03. The smallest absolute Gasteiger partial charge is 0.0525 e. The van der Waals surface area contributed by atoms with E-state index in [1.807, 2.05) is 19.9 Å². The van der Waals surface area contributed by atoms with Crippen molar-refractivity contribution >= 4 is 5.71 Å². The minimum atomic E-state index is -0.163. The fraction of sp³-hybridized carbons (Fsp3) is 0.667. The minimum absolute atomic E-state index is 0.163. The molecule has 13 heavy (non-hydrogen) atoms. The Balaban J connectivity index is 4.14. The van der Waals surface area contributed by atoms with Crippen molar-refractivity contribution in [1.82, 2.24) is 5.01 Å². The van der Waals surface area contributed by atoms with E-state index >= 15 is 0 Å². The molecule has 0 heterocycles. The predicted molar refractivity (Wildman–Crippen MR) is 56.6 cm³/mol. The summed E-state index contributed by atoms with van der Waals surface area (Å²) in [7, 11) is 0. The van der Waals surface area contributed by atoms with Gasteiger partial charge in [-0.15, -0.1) is 6.58 Å².